The van der Waals surface area contributed by atoms with Crippen molar-refractivity contribution in [2.45, 2.75) is 13.0 Å². The smallest absolute Gasteiger partial charge is 0.161 e. The molecule has 21 heavy (non-hydrogen) atoms. The molecular weight excluding hydrogens is 308 g/mol. The molecule has 0 bridgehead atoms. The van der Waals surface area contributed by atoms with E-state index in [-0.39, 0.29) is 10.3 Å². The molecule has 0 aliphatic carbocycles. The van der Waals surface area contributed by atoms with Crippen LogP contribution in [0.25, 0.3) is 11.0 Å². The molecule has 0 radical (unpaired) electrons. The summed E-state index contributed by atoms with van der Waals surface area (Å²) in [6.07, 6.45) is 3.98. The van der Waals surface area contributed by atoms with Crippen molar-refractivity contribution in [3.63, 3.8) is 0 Å². The Morgan fingerprint density at radius 2 is 1.86 bits per heavy atom. The number of rotatable bonds is 6. The minimum absolute atomic E-state index is 0.100. The van der Waals surface area contributed by atoms with E-state index in [4.69, 9.17) is 22.3 Å². The minimum Gasteiger partial charge on any atom is -0.379 e. The van der Waals surface area contributed by atoms with Crippen LogP contribution in [0.15, 0.2) is 12.5 Å². The van der Waals surface area contributed by atoms with E-state index in [9.17, 15) is 0 Å². The summed E-state index contributed by atoms with van der Waals surface area (Å²) >= 11 is 2.57. The van der Waals surface area contributed by atoms with E-state index in [1.165, 1.54) is 29.9 Å². The monoisotopic (exact) mass is 324 g/mol. The van der Waals surface area contributed by atoms with Gasteiger partial charge in [-0.05, 0) is 0 Å². The Hall–Kier alpha value is -1.81. The van der Waals surface area contributed by atoms with E-state index >= 15 is 0 Å². The fourth-order valence-corrected chi connectivity index (χ4v) is 2.80. The first-order valence-corrected chi connectivity index (χ1v) is 8.14. The summed E-state index contributed by atoms with van der Waals surface area (Å²) in [5.41, 5.74) is 12.3. The lowest BCUT2D eigenvalue weighted by Gasteiger charge is -2.04. The molecule has 2 aromatic rings. The number of thioether (sulfide) groups is 2. The van der Waals surface area contributed by atoms with Crippen molar-refractivity contribution in [2.24, 2.45) is 11.5 Å². The Kier molecular flexibility index (Phi) is 5.39. The number of amidine groups is 2. The van der Waals surface area contributed by atoms with Gasteiger partial charge in [0, 0.05) is 17.9 Å². The van der Waals surface area contributed by atoms with Crippen molar-refractivity contribution in [1.82, 2.24) is 19.7 Å². The predicted molar refractivity (Wildman–Crippen MR) is 87.8 cm³/mol. The molecule has 0 aromatic carbocycles. The van der Waals surface area contributed by atoms with Crippen molar-refractivity contribution in [2.75, 3.05) is 11.5 Å². The van der Waals surface area contributed by atoms with E-state index in [1.54, 1.807) is 10.9 Å². The Morgan fingerprint density at radius 1 is 1.14 bits per heavy atom. The molecule has 2 aromatic heterocycles. The van der Waals surface area contributed by atoms with Gasteiger partial charge in [0.25, 0.3) is 0 Å². The molecule has 0 saturated heterocycles. The zero-order chi connectivity index (χ0) is 15.2. The van der Waals surface area contributed by atoms with E-state index in [1.807, 2.05) is 0 Å². The van der Waals surface area contributed by atoms with Gasteiger partial charge in [0.15, 0.2) is 16.0 Å². The molecular formula is C11H16N8S2. The Morgan fingerprint density at radius 3 is 2.57 bits per heavy atom. The van der Waals surface area contributed by atoms with Crippen molar-refractivity contribution in [3.8, 4) is 0 Å². The zero-order valence-electron chi connectivity index (χ0n) is 11.2. The first-order valence-electron chi connectivity index (χ1n) is 6.17. The van der Waals surface area contributed by atoms with Crippen LogP contribution in [-0.4, -0.2) is 41.6 Å². The van der Waals surface area contributed by atoms with Gasteiger partial charge < -0.3 is 11.5 Å². The highest BCUT2D eigenvalue weighted by Gasteiger charge is 2.10. The lowest BCUT2D eigenvalue weighted by atomic mass is 10.2. The number of hydrogen-bond acceptors (Lipinski definition) is 7. The van der Waals surface area contributed by atoms with Gasteiger partial charge in [-0.25, -0.2) is 14.6 Å². The van der Waals surface area contributed by atoms with E-state index in [0.717, 1.165) is 16.7 Å². The highest BCUT2D eigenvalue weighted by atomic mass is 32.2. The number of aryl methyl sites for hydroxylation is 2. The first-order chi connectivity index (χ1) is 10.1. The van der Waals surface area contributed by atoms with Gasteiger partial charge in [-0.15, -0.1) is 0 Å². The highest BCUT2D eigenvalue weighted by Crippen LogP contribution is 2.16. The molecule has 6 N–H and O–H groups in total. The van der Waals surface area contributed by atoms with Gasteiger partial charge >= 0.3 is 0 Å². The van der Waals surface area contributed by atoms with Crippen LogP contribution in [0.4, 0.5) is 0 Å². The predicted octanol–water partition coefficient (Wildman–Crippen LogP) is 0.622. The van der Waals surface area contributed by atoms with Crippen LogP contribution < -0.4 is 11.5 Å². The molecule has 0 amide bonds. The summed E-state index contributed by atoms with van der Waals surface area (Å²) < 4.78 is 1.79. The molecule has 0 aliphatic heterocycles. The second-order valence-electron chi connectivity index (χ2n) is 4.10. The van der Waals surface area contributed by atoms with Crippen LogP contribution >= 0.6 is 23.5 Å². The highest BCUT2D eigenvalue weighted by molar-refractivity contribution is 8.13. The number of nitrogens with one attached hydrogen (secondary N) is 2. The number of nitrogens with zero attached hydrogens (tertiary/aromatic N) is 4. The molecule has 0 unspecified atom stereocenters. The van der Waals surface area contributed by atoms with Gasteiger partial charge in [-0.3, -0.25) is 10.8 Å². The normalized spacial score (nSPS) is 10.9. The average Bonchev–Trinajstić information content (AvgIpc) is 2.82. The van der Waals surface area contributed by atoms with Crippen LogP contribution in [0.2, 0.25) is 0 Å². The maximum atomic E-state index is 7.20. The minimum atomic E-state index is 0.100. The van der Waals surface area contributed by atoms with Crippen LogP contribution in [0.3, 0.4) is 0 Å². The number of fused-ring (bicyclic) bond motifs is 1. The maximum absolute atomic E-state index is 7.20. The van der Waals surface area contributed by atoms with Crippen molar-refractivity contribution in [3.05, 3.63) is 18.2 Å². The second kappa shape index (κ2) is 7.27. The van der Waals surface area contributed by atoms with Gasteiger partial charge in [0.1, 0.15) is 6.33 Å². The fraction of sp³-hybridized carbons (Fsp3) is 0.364. The van der Waals surface area contributed by atoms with Crippen molar-refractivity contribution < 1.29 is 0 Å². The molecule has 112 valence electrons. The third-order valence-corrected chi connectivity index (χ3v) is 4.09. The fourth-order valence-electron chi connectivity index (χ4n) is 1.80. The van der Waals surface area contributed by atoms with Gasteiger partial charge in [0.2, 0.25) is 0 Å². The molecule has 0 fully saturated rings. The summed E-state index contributed by atoms with van der Waals surface area (Å²) in [4.78, 5) is 8.54. The molecule has 2 rings (SSSR count). The van der Waals surface area contributed by atoms with Gasteiger partial charge in [-0.1, -0.05) is 23.5 Å². The van der Waals surface area contributed by atoms with Crippen molar-refractivity contribution >= 4 is 44.9 Å². The van der Waals surface area contributed by atoms with Gasteiger partial charge in [0.05, 0.1) is 23.8 Å². The van der Waals surface area contributed by atoms with E-state index < -0.39 is 0 Å². The average molecular weight is 324 g/mol. The van der Waals surface area contributed by atoms with Gasteiger partial charge in [-0.2, -0.15) is 5.10 Å². The SMILES string of the molecule is N=C(N)SCCc1ncnc2c1cnn2CCSC(=N)N. The summed E-state index contributed by atoms with van der Waals surface area (Å²) in [5.74, 6) is 1.37. The lowest BCUT2D eigenvalue weighted by molar-refractivity contribution is 0.683. The third-order valence-electron chi connectivity index (χ3n) is 2.67. The molecule has 0 spiro atoms. The zero-order valence-corrected chi connectivity index (χ0v) is 12.9. The van der Waals surface area contributed by atoms with Crippen LogP contribution in [-0.2, 0) is 13.0 Å². The summed E-state index contributed by atoms with van der Waals surface area (Å²) in [6.45, 7) is 0.631. The van der Waals surface area contributed by atoms with E-state index in [2.05, 4.69) is 15.1 Å². The first kappa shape index (κ1) is 15.6. The Balaban J connectivity index is 2.09. The van der Waals surface area contributed by atoms with Crippen LogP contribution in [0.1, 0.15) is 5.69 Å². The molecule has 0 aliphatic rings. The van der Waals surface area contributed by atoms with Crippen LogP contribution in [0, 0.1) is 10.8 Å². The molecule has 0 atom stereocenters. The number of aromatic nitrogens is 4. The number of nitrogens with two attached hydrogens (primary N) is 2. The standard InChI is InChI=1S/C11H16N8S2/c12-10(13)20-3-1-8-7-5-18-19(2-4-21-11(14)15)9(7)17-6-16-8/h5-6H,1-4H2,(H3,12,13)(H3,14,15). The van der Waals surface area contributed by atoms with Crippen molar-refractivity contribution in [1.29, 1.82) is 10.8 Å². The third kappa shape index (κ3) is 4.33. The Labute approximate surface area is 130 Å². The van der Waals surface area contributed by atoms with Crippen LogP contribution in [0.5, 0.6) is 0 Å². The molecule has 0 saturated carbocycles. The quantitative estimate of drug-likeness (QED) is 0.450. The number of hydrogen-bond donors (Lipinski definition) is 4. The van der Waals surface area contributed by atoms with E-state index in [0.29, 0.717) is 24.5 Å². The topological polar surface area (TPSA) is 143 Å². The maximum Gasteiger partial charge on any atom is 0.161 e. The largest absolute Gasteiger partial charge is 0.379 e. The summed E-state index contributed by atoms with van der Waals surface area (Å²) in [6, 6.07) is 0. The lowest BCUT2D eigenvalue weighted by Crippen LogP contribution is -2.09. The molecule has 10 heteroatoms. The second-order valence-corrected chi connectivity index (χ2v) is 6.37. The summed E-state index contributed by atoms with van der Waals surface area (Å²) in [7, 11) is 0. The molecule has 2 heterocycles. The molecule has 8 nitrogen and oxygen atoms in total. The summed E-state index contributed by atoms with van der Waals surface area (Å²) in [5, 5.41) is 19.8. The Bertz CT molecular complexity index is 653.